The molecule has 0 amide bonds. The van der Waals surface area contributed by atoms with Crippen LogP contribution in [0.3, 0.4) is 0 Å². The van der Waals surface area contributed by atoms with Gasteiger partial charge in [-0.3, -0.25) is 9.55 Å². The van der Waals surface area contributed by atoms with E-state index in [1.165, 1.54) is 33.8 Å². The number of pyridine rings is 1. The first-order chi connectivity index (χ1) is 29.9. The highest BCUT2D eigenvalue weighted by Crippen LogP contribution is 2.38. The predicted octanol–water partition coefficient (Wildman–Crippen LogP) is 12.9. The Morgan fingerprint density at radius 2 is 1.46 bits per heavy atom. The van der Waals surface area contributed by atoms with Crippen molar-refractivity contribution in [3.8, 4) is 16.3 Å². The van der Waals surface area contributed by atoms with Crippen LogP contribution in [0.15, 0.2) is 136 Å². The maximum Gasteiger partial charge on any atom is 0.352 e. The number of anilines is 4. The van der Waals surface area contributed by atoms with Gasteiger partial charge in [-0.2, -0.15) is 9.83 Å². The summed E-state index contributed by atoms with van der Waals surface area (Å²) in [5.74, 6) is 1.97. The van der Waals surface area contributed by atoms with Crippen molar-refractivity contribution >= 4 is 95.1 Å². The Kier molecular flexibility index (Phi) is 10.6. The number of thiazole rings is 2. The molecule has 0 aliphatic heterocycles. The van der Waals surface area contributed by atoms with Gasteiger partial charge in [0.15, 0.2) is 16.8 Å². The molecule has 0 saturated heterocycles. The highest BCUT2D eigenvalue weighted by Gasteiger charge is 2.25. The van der Waals surface area contributed by atoms with Gasteiger partial charge in [-0.15, -0.1) is 10.1 Å². The third kappa shape index (κ3) is 7.84. The highest BCUT2D eigenvalue weighted by atomic mass is 32.1. The molecule has 14 nitrogen and oxygen atoms in total. The molecule has 0 atom stereocenters. The van der Waals surface area contributed by atoms with Crippen LogP contribution in [-0.4, -0.2) is 24.5 Å². The number of nitrogens with zero attached hydrogens (tertiary/aromatic N) is 11. The zero-order valence-corrected chi connectivity index (χ0v) is 34.8. The second-order valence-electron chi connectivity index (χ2n) is 13.8. The van der Waals surface area contributed by atoms with Gasteiger partial charge in [-0.05, 0) is 101 Å². The average Bonchev–Trinajstić information content (AvgIpc) is 4.09. The first kappa shape index (κ1) is 38.6. The number of rotatable bonds is 12. The zero-order chi connectivity index (χ0) is 41.9. The zero-order valence-electron chi connectivity index (χ0n) is 33.1. The number of hydrogen-bond acceptors (Lipinski definition) is 12. The second kappa shape index (κ2) is 16.7. The fourth-order valence-electron chi connectivity index (χ4n) is 6.61. The molecule has 0 aliphatic rings. The molecule has 0 radical (unpaired) electrons. The van der Waals surface area contributed by atoms with Crippen molar-refractivity contribution in [3.05, 3.63) is 149 Å². The number of azo groups is 2. The van der Waals surface area contributed by atoms with E-state index < -0.39 is 0 Å². The number of H-pyrrole nitrogens is 1. The molecule has 5 aromatic heterocycles. The lowest BCUT2D eigenvalue weighted by atomic mass is 10.1. The van der Waals surface area contributed by atoms with Crippen molar-refractivity contribution in [2.45, 2.75) is 33.6 Å². The Morgan fingerprint density at radius 3 is 2.10 bits per heavy atom. The van der Waals surface area contributed by atoms with E-state index in [4.69, 9.17) is 31.8 Å². The quantitative estimate of drug-likeness (QED) is 0.0629. The summed E-state index contributed by atoms with van der Waals surface area (Å²) in [5.41, 5.74) is 7.42. The number of para-hydroxylation sites is 2. The monoisotopic (exact) mass is 835 g/mol. The van der Waals surface area contributed by atoms with Crippen LogP contribution in [0.2, 0.25) is 0 Å². The van der Waals surface area contributed by atoms with Gasteiger partial charge >= 0.3 is 5.95 Å². The Balaban J connectivity index is 1.13. The summed E-state index contributed by atoms with van der Waals surface area (Å²) in [5, 5.41) is 37.1. The third-order valence-corrected chi connectivity index (χ3v) is 11.9. The van der Waals surface area contributed by atoms with E-state index >= 15 is 0 Å². The average molecular weight is 836 g/mol. The Labute approximate surface area is 358 Å². The molecule has 0 spiro atoms. The summed E-state index contributed by atoms with van der Waals surface area (Å²) in [6.45, 7) is 14.0. The second-order valence-corrected chi connectivity index (χ2v) is 15.8. The normalized spacial score (nSPS) is 11.5. The minimum absolute atomic E-state index is 0.0826. The lowest BCUT2D eigenvalue weighted by Gasteiger charge is -2.14. The summed E-state index contributed by atoms with van der Waals surface area (Å²) in [4.78, 5) is 21.4. The number of hydrogen-bond donors (Lipinski definition) is 3. The molecule has 296 valence electrons. The topological polar surface area (TPSA) is 165 Å². The van der Waals surface area contributed by atoms with E-state index in [0.717, 1.165) is 50.2 Å². The lowest BCUT2D eigenvalue weighted by molar-refractivity contribution is -0.566. The van der Waals surface area contributed by atoms with Crippen molar-refractivity contribution in [3.63, 3.8) is 0 Å². The molecule has 0 bridgehead atoms. The number of nitriles is 1. The molecule has 5 heterocycles. The smallest absolute Gasteiger partial charge is 0.340 e. The number of benzene rings is 4. The summed E-state index contributed by atoms with van der Waals surface area (Å²) < 4.78 is 5.27. The van der Waals surface area contributed by atoms with Gasteiger partial charge in [0.2, 0.25) is 5.69 Å². The van der Waals surface area contributed by atoms with Crippen molar-refractivity contribution in [1.29, 1.82) is 5.26 Å². The number of fused-ring (bicyclic) bond motifs is 2. The van der Waals surface area contributed by atoms with E-state index in [-0.39, 0.29) is 23.0 Å². The molecular weight excluding hydrogens is 801 g/mol. The number of aromatic nitrogens is 6. The SMILES string of the molecule is [C-]#[N+]c1cn(-c2nc3ccccc3s2)c(N=Nc2[nH]cc(N=Nc3c(C)cc(Nc4ccc(CC)cc4)nc3Nc3ccc(CC)cc3)[n+]2-c2nc3ccccc3s2)c1C#N. The molecule has 9 rings (SSSR count). The summed E-state index contributed by atoms with van der Waals surface area (Å²) in [7, 11) is 0. The van der Waals surface area contributed by atoms with Crippen LogP contribution in [0.1, 0.15) is 36.1 Å². The van der Waals surface area contributed by atoms with Crippen molar-refractivity contribution < 1.29 is 4.57 Å². The van der Waals surface area contributed by atoms with E-state index in [0.29, 0.717) is 33.4 Å². The van der Waals surface area contributed by atoms with Gasteiger partial charge in [-0.25, -0.2) is 14.8 Å². The third-order valence-electron chi connectivity index (χ3n) is 9.86. The fraction of sp³-hybridized carbons (Fsp3) is 0.111. The maximum absolute atomic E-state index is 10.2. The number of imidazole rings is 1. The van der Waals surface area contributed by atoms with E-state index in [9.17, 15) is 5.26 Å². The first-order valence-electron chi connectivity index (χ1n) is 19.4. The fourth-order valence-corrected chi connectivity index (χ4v) is 8.53. The molecule has 0 aliphatic carbocycles. The van der Waals surface area contributed by atoms with Crippen LogP contribution in [0.25, 0.3) is 35.5 Å². The predicted molar refractivity (Wildman–Crippen MR) is 241 cm³/mol. The number of aryl methyl sites for hydroxylation is 3. The van der Waals surface area contributed by atoms with E-state index in [2.05, 4.69) is 74.9 Å². The highest BCUT2D eigenvalue weighted by molar-refractivity contribution is 7.21. The van der Waals surface area contributed by atoms with Gasteiger partial charge in [0.1, 0.15) is 28.8 Å². The molecular formula is C45H35N14S2+. The van der Waals surface area contributed by atoms with Gasteiger partial charge in [-0.1, -0.05) is 90.2 Å². The minimum Gasteiger partial charge on any atom is -0.340 e. The standard InChI is InChI=1S/C45H34N14S2/c1-5-28-15-19-30(20-16-28)49-38-23-27(3)40(41(53-38)50-31-21-17-29(6-2)18-22-31)55-54-39-25-48-43(59(39)45-52-34-12-8-10-14-37(34)61-45)57-56-42-32(24-46)35(47-4)26-58(42)44-51-33-11-7-9-13-36(33)60-44/h7-23,25-26H,5-6H2,1-3H3,(H2,49,50,53,54,56)/p+1. The Hall–Kier alpha value is -7.92. The maximum atomic E-state index is 10.2. The minimum atomic E-state index is 0.0826. The molecule has 3 N–H and O–H groups in total. The van der Waals surface area contributed by atoms with Crippen LogP contribution in [-0.2, 0) is 12.8 Å². The molecule has 61 heavy (non-hydrogen) atoms. The Bertz CT molecular complexity index is 3140. The molecule has 0 unspecified atom stereocenters. The van der Waals surface area contributed by atoms with E-state index in [1.54, 1.807) is 21.5 Å². The van der Waals surface area contributed by atoms with Crippen LogP contribution in [0.4, 0.5) is 52.0 Å². The first-order valence-corrected chi connectivity index (χ1v) is 21.0. The molecule has 0 saturated carbocycles. The van der Waals surface area contributed by atoms with Crippen molar-refractivity contribution in [2.75, 3.05) is 10.6 Å². The number of aromatic amines is 1. The van der Waals surface area contributed by atoms with Crippen LogP contribution in [0.5, 0.6) is 0 Å². The Morgan fingerprint density at radius 1 is 0.803 bits per heavy atom. The number of nitrogens with one attached hydrogen (secondary N) is 3. The molecule has 0 fully saturated rings. The van der Waals surface area contributed by atoms with Crippen LogP contribution in [0, 0.1) is 24.8 Å². The van der Waals surface area contributed by atoms with Crippen molar-refractivity contribution in [1.82, 2.24) is 24.5 Å². The summed E-state index contributed by atoms with van der Waals surface area (Å²) >= 11 is 2.87. The van der Waals surface area contributed by atoms with Gasteiger partial charge < -0.3 is 10.6 Å². The van der Waals surface area contributed by atoms with Gasteiger partial charge in [0, 0.05) is 17.6 Å². The summed E-state index contributed by atoms with van der Waals surface area (Å²) in [6, 6.07) is 36.2. The lowest BCUT2D eigenvalue weighted by Crippen LogP contribution is -2.28. The van der Waals surface area contributed by atoms with Gasteiger partial charge in [0.25, 0.3) is 10.9 Å². The van der Waals surface area contributed by atoms with Crippen LogP contribution < -0.4 is 15.2 Å². The molecule has 9 aromatic rings. The summed E-state index contributed by atoms with van der Waals surface area (Å²) in [6.07, 6.45) is 5.12. The van der Waals surface area contributed by atoms with Gasteiger partial charge in [0.05, 0.1) is 27.6 Å². The van der Waals surface area contributed by atoms with E-state index in [1.807, 2.05) is 85.8 Å². The van der Waals surface area contributed by atoms with Crippen molar-refractivity contribution in [2.24, 2.45) is 20.5 Å². The molecule has 16 heteroatoms. The largest absolute Gasteiger partial charge is 0.352 e. The molecule has 4 aromatic carbocycles. The van der Waals surface area contributed by atoms with Crippen LogP contribution >= 0.6 is 22.7 Å².